The Morgan fingerprint density at radius 1 is 1.19 bits per heavy atom. The summed E-state index contributed by atoms with van der Waals surface area (Å²) in [5, 5.41) is 10.7. The summed E-state index contributed by atoms with van der Waals surface area (Å²) in [4.78, 5) is 2.75. The predicted molar refractivity (Wildman–Crippen MR) is 83.1 cm³/mol. The van der Waals surface area contributed by atoms with Gasteiger partial charge in [-0.3, -0.25) is 4.90 Å². The van der Waals surface area contributed by atoms with E-state index >= 15 is 0 Å². The van der Waals surface area contributed by atoms with Crippen LogP contribution in [0, 0.1) is 17.8 Å². The van der Waals surface area contributed by atoms with Crippen molar-refractivity contribution in [2.75, 3.05) is 19.7 Å². The summed E-state index contributed by atoms with van der Waals surface area (Å²) < 4.78 is 6.03. The topological polar surface area (TPSA) is 32.7 Å². The van der Waals surface area contributed by atoms with Crippen LogP contribution in [-0.4, -0.2) is 47.4 Å². The Hall–Kier alpha value is -0.120. The number of aliphatic hydroxyl groups is 1. The minimum Gasteiger partial charge on any atom is -0.390 e. The fourth-order valence-corrected chi connectivity index (χ4v) is 6.21. The second kappa shape index (κ2) is 5.50. The van der Waals surface area contributed by atoms with Gasteiger partial charge in [-0.1, -0.05) is 6.92 Å². The molecule has 0 radical (unpaired) electrons. The Morgan fingerprint density at radius 3 is 2.62 bits per heavy atom. The molecule has 3 nitrogen and oxygen atoms in total. The van der Waals surface area contributed by atoms with E-state index in [9.17, 15) is 5.11 Å². The van der Waals surface area contributed by atoms with Gasteiger partial charge in [0.1, 0.15) is 0 Å². The maximum absolute atomic E-state index is 10.7. The van der Waals surface area contributed by atoms with E-state index in [1.807, 2.05) is 0 Å². The first-order valence-corrected chi connectivity index (χ1v) is 9.25. The van der Waals surface area contributed by atoms with E-state index in [4.69, 9.17) is 4.74 Å². The molecule has 0 aromatic rings. The summed E-state index contributed by atoms with van der Waals surface area (Å²) >= 11 is 0. The van der Waals surface area contributed by atoms with Crippen molar-refractivity contribution in [1.82, 2.24) is 4.90 Å². The molecule has 4 aliphatic carbocycles. The molecule has 120 valence electrons. The molecule has 3 atom stereocenters. The molecule has 0 aromatic heterocycles. The van der Waals surface area contributed by atoms with Crippen LogP contribution in [0.4, 0.5) is 0 Å². The number of ether oxygens (including phenoxy) is 1. The first-order valence-electron chi connectivity index (χ1n) is 9.25. The highest BCUT2D eigenvalue weighted by Gasteiger charge is 2.56. The summed E-state index contributed by atoms with van der Waals surface area (Å²) in [5.74, 6) is 2.33. The van der Waals surface area contributed by atoms with Crippen LogP contribution in [-0.2, 0) is 4.74 Å². The molecule has 1 N–H and O–H groups in total. The standard InChI is InChI=1S/C18H31NO2/c1-2-6-21-16-4-3-5-19(12-16)17-14-7-13-8-15(17)11-18(20,9-13)10-14/h13-17,20H,2-12H2,1H3/t13?,14-,15-,16+,17?,18?/m0/s1. The van der Waals surface area contributed by atoms with E-state index in [1.165, 1.54) is 32.2 Å². The van der Waals surface area contributed by atoms with Crippen LogP contribution in [0.3, 0.4) is 0 Å². The minimum atomic E-state index is -0.291. The highest BCUT2D eigenvalue weighted by atomic mass is 16.5. The SMILES string of the molecule is CCCO[C@@H]1CCCN(C2[C@H]3CC4C[C@H]2CC(O)(C4)C3)C1. The Morgan fingerprint density at radius 2 is 1.95 bits per heavy atom. The normalized spacial score (nSPS) is 49.7. The lowest BCUT2D eigenvalue weighted by Crippen LogP contribution is -2.63. The van der Waals surface area contributed by atoms with E-state index in [2.05, 4.69) is 11.8 Å². The average molecular weight is 293 g/mol. The molecule has 3 heteroatoms. The summed E-state index contributed by atoms with van der Waals surface area (Å²) in [7, 11) is 0. The molecule has 5 rings (SSSR count). The van der Waals surface area contributed by atoms with Gasteiger partial charge < -0.3 is 9.84 Å². The lowest BCUT2D eigenvalue weighted by Gasteiger charge is -2.61. The zero-order valence-corrected chi connectivity index (χ0v) is 13.5. The highest BCUT2D eigenvalue weighted by molar-refractivity contribution is 5.08. The van der Waals surface area contributed by atoms with Gasteiger partial charge >= 0.3 is 0 Å². The van der Waals surface area contributed by atoms with Gasteiger partial charge in [-0.2, -0.15) is 0 Å². The van der Waals surface area contributed by atoms with E-state index in [-0.39, 0.29) is 5.60 Å². The van der Waals surface area contributed by atoms with Gasteiger partial charge in [0.05, 0.1) is 11.7 Å². The Bertz CT molecular complexity index is 369. The second-order valence-electron chi connectivity index (χ2n) is 8.31. The number of piperidine rings is 1. The Labute approximate surface area is 129 Å². The highest BCUT2D eigenvalue weighted by Crippen LogP contribution is 2.57. The van der Waals surface area contributed by atoms with Gasteiger partial charge in [0, 0.05) is 19.2 Å². The van der Waals surface area contributed by atoms with Crippen LogP contribution in [0.25, 0.3) is 0 Å². The van der Waals surface area contributed by atoms with Gasteiger partial charge in [0.25, 0.3) is 0 Å². The van der Waals surface area contributed by atoms with E-state index in [1.54, 1.807) is 0 Å². The van der Waals surface area contributed by atoms with Crippen molar-refractivity contribution in [3.05, 3.63) is 0 Å². The van der Waals surface area contributed by atoms with Gasteiger partial charge in [0.15, 0.2) is 0 Å². The first-order chi connectivity index (χ1) is 10.2. The Kier molecular flexibility index (Phi) is 3.79. The van der Waals surface area contributed by atoms with Crippen LogP contribution in [0.15, 0.2) is 0 Å². The molecule has 5 fully saturated rings. The number of likely N-dealkylation sites (tertiary alicyclic amines) is 1. The first kappa shape index (κ1) is 14.5. The van der Waals surface area contributed by atoms with Crippen LogP contribution in [0.1, 0.15) is 58.3 Å². The molecule has 0 spiro atoms. The number of hydrogen-bond acceptors (Lipinski definition) is 3. The van der Waals surface area contributed by atoms with Crippen molar-refractivity contribution >= 4 is 0 Å². The molecule has 4 bridgehead atoms. The lowest BCUT2D eigenvalue weighted by atomic mass is 9.52. The molecule has 4 saturated carbocycles. The summed E-state index contributed by atoms with van der Waals surface area (Å²) in [6, 6.07) is 0.745. The molecule has 5 aliphatic rings. The van der Waals surface area contributed by atoms with E-state index < -0.39 is 0 Å². The van der Waals surface area contributed by atoms with Gasteiger partial charge in [-0.15, -0.1) is 0 Å². The third-order valence-electron chi connectivity index (χ3n) is 6.58. The fourth-order valence-electron chi connectivity index (χ4n) is 6.21. The average Bonchev–Trinajstić information content (AvgIpc) is 2.43. The molecule has 1 aliphatic heterocycles. The zero-order valence-electron chi connectivity index (χ0n) is 13.5. The summed E-state index contributed by atoms with van der Waals surface area (Å²) in [5.41, 5.74) is -0.291. The van der Waals surface area contributed by atoms with Crippen molar-refractivity contribution in [3.63, 3.8) is 0 Å². The zero-order chi connectivity index (χ0) is 14.4. The monoisotopic (exact) mass is 293 g/mol. The fraction of sp³-hybridized carbons (Fsp3) is 1.00. The molecule has 0 aromatic carbocycles. The quantitative estimate of drug-likeness (QED) is 0.865. The maximum Gasteiger partial charge on any atom is 0.0702 e. The molecule has 1 saturated heterocycles. The number of rotatable bonds is 4. The van der Waals surface area contributed by atoms with Crippen molar-refractivity contribution < 1.29 is 9.84 Å². The molecular formula is C18H31NO2. The van der Waals surface area contributed by atoms with E-state index in [0.29, 0.717) is 6.10 Å². The number of nitrogens with zero attached hydrogens (tertiary/aromatic N) is 1. The molecular weight excluding hydrogens is 262 g/mol. The van der Waals surface area contributed by atoms with Crippen LogP contribution in [0.2, 0.25) is 0 Å². The lowest BCUT2D eigenvalue weighted by molar-refractivity contribution is -0.167. The Balaban J connectivity index is 1.44. The summed E-state index contributed by atoms with van der Waals surface area (Å²) in [6.45, 7) is 5.50. The molecule has 0 unspecified atom stereocenters. The van der Waals surface area contributed by atoms with Gasteiger partial charge in [-0.05, 0) is 75.7 Å². The van der Waals surface area contributed by atoms with Crippen molar-refractivity contribution in [2.45, 2.75) is 76.0 Å². The maximum atomic E-state index is 10.7. The molecule has 21 heavy (non-hydrogen) atoms. The van der Waals surface area contributed by atoms with Gasteiger partial charge in [-0.25, -0.2) is 0 Å². The largest absolute Gasteiger partial charge is 0.390 e. The van der Waals surface area contributed by atoms with Crippen molar-refractivity contribution in [1.29, 1.82) is 0 Å². The third kappa shape index (κ3) is 2.66. The predicted octanol–water partition coefficient (Wildman–Crippen LogP) is 2.82. The van der Waals surface area contributed by atoms with Crippen LogP contribution < -0.4 is 0 Å². The second-order valence-corrected chi connectivity index (χ2v) is 8.31. The van der Waals surface area contributed by atoms with Crippen LogP contribution >= 0.6 is 0 Å². The van der Waals surface area contributed by atoms with Crippen LogP contribution in [0.5, 0.6) is 0 Å². The smallest absolute Gasteiger partial charge is 0.0702 e. The number of hydrogen-bond donors (Lipinski definition) is 1. The minimum absolute atomic E-state index is 0.291. The molecule has 0 amide bonds. The van der Waals surface area contributed by atoms with Gasteiger partial charge in [0.2, 0.25) is 0 Å². The van der Waals surface area contributed by atoms with E-state index in [0.717, 1.165) is 62.6 Å². The summed E-state index contributed by atoms with van der Waals surface area (Å²) in [6.07, 6.45) is 10.1. The third-order valence-corrected chi connectivity index (χ3v) is 6.58. The van der Waals surface area contributed by atoms with Crippen molar-refractivity contribution in [3.8, 4) is 0 Å². The molecule has 1 heterocycles. The van der Waals surface area contributed by atoms with Crippen molar-refractivity contribution in [2.24, 2.45) is 17.8 Å².